The Bertz CT molecular complexity index is 729. The van der Waals surface area contributed by atoms with Crippen LogP contribution in [0.5, 0.6) is 0 Å². The van der Waals surface area contributed by atoms with Crippen LogP contribution in [0.2, 0.25) is 0 Å². The average Bonchev–Trinajstić information content (AvgIpc) is 2.53. The smallest absolute Gasteiger partial charge is 0.269 e. The zero-order valence-electron chi connectivity index (χ0n) is 12.2. The molecule has 1 amide bonds. The second-order valence-corrected chi connectivity index (χ2v) is 5.31. The predicted molar refractivity (Wildman–Crippen MR) is 92.7 cm³/mol. The highest BCUT2D eigenvalue weighted by Gasteiger charge is 2.10. The first kappa shape index (κ1) is 15.8. The molecule has 0 atom stereocenters. The van der Waals surface area contributed by atoms with Gasteiger partial charge in [-0.15, -0.1) is 0 Å². The van der Waals surface area contributed by atoms with Crippen LogP contribution < -0.4 is 16.4 Å². The second-order valence-electron chi connectivity index (χ2n) is 4.33. The van der Waals surface area contributed by atoms with E-state index in [1.54, 1.807) is 13.2 Å². The van der Waals surface area contributed by atoms with E-state index in [0.717, 1.165) is 16.6 Å². The van der Waals surface area contributed by atoms with Crippen molar-refractivity contribution in [2.24, 2.45) is 10.7 Å². The van der Waals surface area contributed by atoms with Crippen LogP contribution in [0, 0.1) is 0 Å². The molecule has 0 saturated heterocycles. The van der Waals surface area contributed by atoms with E-state index in [9.17, 15) is 4.79 Å². The Labute approximate surface area is 132 Å². The number of aliphatic imine (C=N–C) groups is 1. The van der Waals surface area contributed by atoms with E-state index in [1.807, 2.05) is 30.3 Å². The van der Waals surface area contributed by atoms with Crippen LogP contribution in [0.4, 0.5) is 5.69 Å². The van der Waals surface area contributed by atoms with Gasteiger partial charge in [0.15, 0.2) is 5.70 Å². The third-order valence-corrected chi connectivity index (χ3v) is 3.90. The summed E-state index contributed by atoms with van der Waals surface area (Å²) >= 11 is 1.39. The molecule has 0 bridgehead atoms. The number of nitrogens with one attached hydrogen (secondary N) is 2. The molecule has 2 rings (SSSR count). The van der Waals surface area contributed by atoms with Gasteiger partial charge in [-0.3, -0.25) is 14.8 Å². The van der Waals surface area contributed by atoms with E-state index in [-0.39, 0.29) is 5.70 Å². The fourth-order valence-corrected chi connectivity index (χ4v) is 2.73. The lowest BCUT2D eigenvalue weighted by atomic mass is 10.2. The molecule has 0 radical (unpaired) electrons. The van der Waals surface area contributed by atoms with Crippen molar-refractivity contribution in [1.82, 2.24) is 10.3 Å². The number of fused-ring (bicyclic) bond motifs is 1. The van der Waals surface area contributed by atoms with E-state index in [0.29, 0.717) is 10.9 Å². The van der Waals surface area contributed by atoms with Crippen molar-refractivity contribution >= 4 is 41.0 Å². The number of thioether (sulfide) groups is 1. The van der Waals surface area contributed by atoms with E-state index >= 15 is 0 Å². The van der Waals surface area contributed by atoms with Gasteiger partial charge in [0.05, 0.1) is 11.4 Å². The lowest BCUT2D eigenvalue weighted by Gasteiger charge is -2.11. The van der Waals surface area contributed by atoms with Crippen LogP contribution in [-0.2, 0) is 4.79 Å². The molecule has 0 aliphatic rings. The highest BCUT2D eigenvalue weighted by molar-refractivity contribution is 8.03. The molecule has 4 N–H and O–H groups in total. The predicted octanol–water partition coefficient (Wildman–Crippen LogP) is 1.91. The number of primary amides is 1. The van der Waals surface area contributed by atoms with E-state index in [1.165, 1.54) is 11.8 Å². The summed E-state index contributed by atoms with van der Waals surface area (Å²) in [6.07, 6.45) is 1.77. The van der Waals surface area contributed by atoms with Gasteiger partial charge in [-0.25, -0.2) is 0 Å². The summed E-state index contributed by atoms with van der Waals surface area (Å²) in [6.45, 7) is 3.36. The van der Waals surface area contributed by atoms with E-state index in [2.05, 4.69) is 27.3 Å². The van der Waals surface area contributed by atoms with E-state index in [4.69, 9.17) is 5.73 Å². The van der Waals surface area contributed by atoms with E-state index < -0.39 is 5.91 Å². The maximum atomic E-state index is 11.3. The number of carbonyl (C=O) groups excluding carboxylic acids is 1. The minimum Gasteiger partial charge on any atom is -0.381 e. The number of aromatic nitrogens is 1. The normalized spacial score (nSPS) is 11.7. The first-order chi connectivity index (χ1) is 10.7. The maximum absolute atomic E-state index is 11.3. The number of nitrogens with zero attached hydrogens (tertiary/aromatic N) is 2. The standard InChI is InChI=1S/C15H17N5OS/c1-17-13(14(16)21)15(18-2)22-9-20-11-5-6-12-10(8-11)4-3-7-19-12/h3-8,18,20H,1,9H2,2H3,(H2,16,21)/b15-13-. The van der Waals surface area contributed by atoms with Gasteiger partial charge in [0, 0.05) is 24.3 Å². The zero-order valence-corrected chi connectivity index (χ0v) is 13.0. The number of hydrogen-bond donors (Lipinski definition) is 3. The summed E-state index contributed by atoms with van der Waals surface area (Å²) in [4.78, 5) is 19.2. The van der Waals surface area contributed by atoms with Crippen LogP contribution in [-0.4, -0.2) is 30.5 Å². The molecule has 1 aromatic carbocycles. The van der Waals surface area contributed by atoms with Crippen molar-refractivity contribution in [2.75, 3.05) is 18.2 Å². The number of amides is 1. The first-order valence-electron chi connectivity index (χ1n) is 6.55. The lowest BCUT2D eigenvalue weighted by Crippen LogP contribution is -2.19. The summed E-state index contributed by atoms with van der Waals surface area (Å²) in [7, 11) is 1.71. The van der Waals surface area contributed by atoms with Gasteiger partial charge in [-0.05, 0) is 31.0 Å². The number of anilines is 1. The van der Waals surface area contributed by atoms with Crippen LogP contribution in [0.1, 0.15) is 0 Å². The van der Waals surface area contributed by atoms with Gasteiger partial charge in [-0.2, -0.15) is 0 Å². The number of carbonyl (C=O) groups is 1. The van der Waals surface area contributed by atoms with Gasteiger partial charge >= 0.3 is 0 Å². The lowest BCUT2D eigenvalue weighted by molar-refractivity contribution is -0.114. The van der Waals surface area contributed by atoms with Crippen LogP contribution >= 0.6 is 11.8 Å². The molecule has 0 spiro atoms. The summed E-state index contributed by atoms with van der Waals surface area (Å²) in [5.41, 5.74) is 7.31. The highest BCUT2D eigenvalue weighted by Crippen LogP contribution is 2.21. The van der Waals surface area contributed by atoms with Crippen LogP contribution in [0.25, 0.3) is 10.9 Å². The molecule has 1 aromatic heterocycles. The molecule has 0 saturated carbocycles. The van der Waals surface area contributed by atoms with Crippen molar-refractivity contribution in [3.8, 4) is 0 Å². The Morgan fingerprint density at radius 2 is 2.27 bits per heavy atom. The largest absolute Gasteiger partial charge is 0.381 e. The molecule has 114 valence electrons. The SMILES string of the molecule is C=N/C(C(N)=O)=C(/NC)SCNc1ccc2ncccc2c1. The minimum atomic E-state index is -0.608. The highest BCUT2D eigenvalue weighted by atomic mass is 32.2. The Balaban J connectivity index is 2.05. The molecule has 0 fully saturated rings. The molecule has 2 aromatic rings. The van der Waals surface area contributed by atoms with Gasteiger partial charge in [-0.1, -0.05) is 17.8 Å². The molecule has 0 aliphatic carbocycles. The Morgan fingerprint density at radius 1 is 1.45 bits per heavy atom. The van der Waals surface area contributed by atoms with Crippen molar-refractivity contribution in [1.29, 1.82) is 0 Å². The summed E-state index contributed by atoms with van der Waals surface area (Å²) in [5, 5.41) is 7.82. The van der Waals surface area contributed by atoms with Gasteiger partial charge < -0.3 is 16.4 Å². The topological polar surface area (TPSA) is 92.4 Å². The summed E-state index contributed by atoms with van der Waals surface area (Å²) in [5.74, 6) is -0.0579. The van der Waals surface area contributed by atoms with Crippen molar-refractivity contribution in [3.05, 3.63) is 47.3 Å². The fourth-order valence-electron chi connectivity index (χ4n) is 1.90. The second kappa shape index (κ2) is 7.46. The zero-order chi connectivity index (χ0) is 15.9. The Morgan fingerprint density at radius 3 is 2.95 bits per heavy atom. The minimum absolute atomic E-state index is 0.136. The summed E-state index contributed by atoms with van der Waals surface area (Å²) < 4.78 is 0. The van der Waals surface area contributed by atoms with Gasteiger partial charge in [0.25, 0.3) is 5.91 Å². The van der Waals surface area contributed by atoms with Crippen molar-refractivity contribution < 1.29 is 4.79 Å². The van der Waals surface area contributed by atoms with Crippen LogP contribution in [0.3, 0.4) is 0 Å². The molecule has 7 heteroatoms. The number of hydrogen-bond acceptors (Lipinski definition) is 6. The monoisotopic (exact) mass is 315 g/mol. The molecular formula is C15H17N5OS. The van der Waals surface area contributed by atoms with Crippen molar-refractivity contribution in [3.63, 3.8) is 0 Å². The number of pyridine rings is 1. The molecule has 6 nitrogen and oxygen atoms in total. The number of nitrogens with two attached hydrogens (primary N) is 1. The molecular weight excluding hydrogens is 298 g/mol. The molecule has 0 aliphatic heterocycles. The fraction of sp³-hybridized carbons (Fsp3) is 0.133. The third kappa shape index (κ3) is 3.76. The Hall–Kier alpha value is -2.54. The quantitative estimate of drug-likeness (QED) is 0.412. The first-order valence-corrected chi connectivity index (χ1v) is 7.54. The summed E-state index contributed by atoms with van der Waals surface area (Å²) in [6, 6.07) is 9.84. The van der Waals surface area contributed by atoms with Gasteiger partial charge in [0.2, 0.25) is 0 Å². The Kier molecular flexibility index (Phi) is 5.37. The molecule has 22 heavy (non-hydrogen) atoms. The third-order valence-electron chi connectivity index (χ3n) is 2.93. The van der Waals surface area contributed by atoms with Gasteiger partial charge in [0.1, 0.15) is 5.03 Å². The molecule has 1 heterocycles. The van der Waals surface area contributed by atoms with Crippen molar-refractivity contribution in [2.45, 2.75) is 0 Å². The van der Waals surface area contributed by atoms with Crippen LogP contribution in [0.15, 0.2) is 52.2 Å². The molecule has 0 unspecified atom stereocenters. The number of rotatable bonds is 7. The number of benzene rings is 1. The average molecular weight is 315 g/mol. The maximum Gasteiger partial charge on any atom is 0.269 e.